The van der Waals surface area contributed by atoms with Gasteiger partial charge in [-0.15, -0.1) is 0 Å². The van der Waals surface area contributed by atoms with Crippen LogP contribution in [0.5, 0.6) is 0 Å². The van der Waals surface area contributed by atoms with Gasteiger partial charge in [-0.05, 0) is 39.8 Å². The second-order valence-corrected chi connectivity index (χ2v) is 7.15. The predicted molar refractivity (Wildman–Crippen MR) is 97.1 cm³/mol. The SMILES string of the molecule is Cc1ncc2c(NC(=O)OC(C)(C)C)nc3cc(Cl)c(C(=O)O)cc3n12. The summed E-state index contributed by atoms with van der Waals surface area (Å²) in [5, 5.41) is 12.0. The highest BCUT2D eigenvalue weighted by Gasteiger charge is 2.20. The monoisotopic (exact) mass is 376 g/mol. The fraction of sp³-hybridized carbons (Fsp3) is 0.294. The van der Waals surface area contributed by atoms with Crippen molar-refractivity contribution in [3.63, 3.8) is 0 Å². The number of carbonyl (C=O) groups excluding carboxylic acids is 1. The van der Waals surface area contributed by atoms with E-state index in [0.29, 0.717) is 22.4 Å². The third-order valence-electron chi connectivity index (χ3n) is 3.57. The number of carboxylic acid groups (broad SMARTS) is 1. The molecule has 136 valence electrons. The van der Waals surface area contributed by atoms with E-state index < -0.39 is 17.7 Å². The largest absolute Gasteiger partial charge is 0.478 e. The van der Waals surface area contributed by atoms with Crippen LogP contribution in [0, 0.1) is 6.92 Å². The van der Waals surface area contributed by atoms with Crippen molar-refractivity contribution in [2.75, 3.05) is 5.32 Å². The molecule has 0 spiro atoms. The van der Waals surface area contributed by atoms with Gasteiger partial charge in [-0.3, -0.25) is 9.72 Å². The zero-order chi connectivity index (χ0) is 19.2. The van der Waals surface area contributed by atoms with E-state index in [9.17, 15) is 14.7 Å². The maximum absolute atomic E-state index is 12.1. The fourth-order valence-electron chi connectivity index (χ4n) is 2.57. The highest BCUT2D eigenvalue weighted by molar-refractivity contribution is 6.34. The summed E-state index contributed by atoms with van der Waals surface area (Å²) in [6, 6.07) is 2.88. The minimum atomic E-state index is -1.14. The van der Waals surface area contributed by atoms with Crippen LogP contribution in [0.1, 0.15) is 37.0 Å². The van der Waals surface area contributed by atoms with E-state index in [0.717, 1.165) is 0 Å². The van der Waals surface area contributed by atoms with Crippen molar-refractivity contribution in [2.45, 2.75) is 33.3 Å². The second-order valence-electron chi connectivity index (χ2n) is 6.74. The molecule has 2 N–H and O–H groups in total. The Morgan fingerprint density at radius 2 is 1.96 bits per heavy atom. The predicted octanol–water partition coefficient (Wildman–Crippen LogP) is 3.89. The topological polar surface area (TPSA) is 106 Å². The van der Waals surface area contributed by atoms with Crippen molar-refractivity contribution in [1.82, 2.24) is 14.4 Å². The molecule has 0 aliphatic heterocycles. The highest BCUT2D eigenvalue weighted by atomic mass is 35.5. The third kappa shape index (κ3) is 3.28. The van der Waals surface area contributed by atoms with Gasteiger partial charge < -0.3 is 9.84 Å². The van der Waals surface area contributed by atoms with Crippen LogP contribution in [-0.4, -0.2) is 37.1 Å². The number of carboxylic acids is 1. The number of aryl methyl sites for hydroxylation is 1. The normalized spacial score (nSPS) is 11.7. The number of amides is 1. The molecule has 26 heavy (non-hydrogen) atoms. The number of hydrogen-bond donors (Lipinski definition) is 2. The number of halogens is 1. The maximum Gasteiger partial charge on any atom is 0.413 e. The van der Waals surface area contributed by atoms with Crippen molar-refractivity contribution in [3.8, 4) is 0 Å². The molecular formula is C17H17ClN4O4. The van der Waals surface area contributed by atoms with Crippen LogP contribution in [0.15, 0.2) is 18.3 Å². The number of hydrogen-bond acceptors (Lipinski definition) is 5. The number of aromatic nitrogens is 3. The summed E-state index contributed by atoms with van der Waals surface area (Å²) in [6.07, 6.45) is 0.891. The number of ether oxygens (including phenoxy) is 1. The first-order valence-electron chi connectivity index (χ1n) is 7.77. The first kappa shape index (κ1) is 17.9. The molecule has 0 aliphatic rings. The van der Waals surface area contributed by atoms with Gasteiger partial charge in [0, 0.05) is 0 Å². The van der Waals surface area contributed by atoms with Crippen molar-refractivity contribution in [1.29, 1.82) is 0 Å². The number of aromatic carboxylic acids is 1. The summed E-state index contributed by atoms with van der Waals surface area (Å²) in [5.74, 6) is -0.288. The summed E-state index contributed by atoms with van der Waals surface area (Å²) in [6.45, 7) is 7.03. The Kier molecular flexibility index (Phi) is 4.23. The second kappa shape index (κ2) is 6.14. The van der Waals surface area contributed by atoms with Gasteiger partial charge in [-0.2, -0.15) is 0 Å². The Hall–Kier alpha value is -2.87. The van der Waals surface area contributed by atoms with Crippen molar-refractivity contribution < 1.29 is 19.4 Å². The first-order valence-corrected chi connectivity index (χ1v) is 8.15. The molecule has 2 heterocycles. The number of benzene rings is 1. The van der Waals surface area contributed by atoms with Crippen molar-refractivity contribution in [3.05, 3.63) is 34.7 Å². The summed E-state index contributed by atoms with van der Waals surface area (Å²) in [7, 11) is 0. The van der Waals surface area contributed by atoms with E-state index in [-0.39, 0.29) is 16.4 Å². The molecule has 0 bridgehead atoms. The van der Waals surface area contributed by atoms with Gasteiger partial charge >= 0.3 is 12.1 Å². The number of imidazole rings is 1. The van der Waals surface area contributed by atoms with Crippen LogP contribution in [0.25, 0.3) is 16.6 Å². The van der Waals surface area contributed by atoms with Gasteiger partial charge in [0.25, 0.3) is 0 Å². The number of fused-ring (bicyclic) bond motifs is 3. The lowest BCUT2D eigenvalue weighted by atomic mass is 10.2. The van der Waals surface area contributed by atoms with Crippen LogP contribution >= 0.6 is 11.6 Å². The van der Waals surface area contributed by atoms with Crippen molar-refractivity contribution in [2.24, 2.45) is 0 Å². The Morgan fingerprint density at radius 3 is 2.58 bits per heavy atom. The van der Waals surface area contributed by atoms with E-state index in [4.69, 9.17) is 16.3 Å². The summed E-state index contributed by atoms with van der Waals surface area (Å²) >= 11 is 6.05. The molecule has 0 saturated carbocycles. The molecule has 0 radical (unpaired) electrons. The van der Waals surface area contributed by atoms with Gasteiger partial charge in [-0.25, -0.2) is 19.6 Å². The zero-order valence-corrected chi connectivity index (χ0v) is 15.4. The fourth-order valence-corrected chi connectivity index (χ4v) is 2.81. The smallest absolute Gasteiger partial charge is 0.413 e. The quantitative estimate of drug-likeness (QED) is 0.702. The highest BCUT2D eigenvalue weighted by Crippen LogP contribution is 2.28. The van der Waals surface area contributed by atoms with Gasteiger partial charge in [0.15, 0.2) is 5.82 Å². The Labute approximate surface area is 153 Å². The Bertz CT molecular complexity index is 1050. The summed E-state index contributed by atoms with van der Waals surface area (Å²) < 4.78 is 6.97. The molecular weight excluding hydrogens is 360 g/mol. The lowest BCUT2D eigenvalue weighted by Gasteiger charge is -2.20. The van der Waals surface area contributed by atoms with E-state index in [1.807, 2.05) is 0 Å². The molecule has 9 heteroatoms. The summed E-state index contributed by atoms with van der Waals surface area (Å²) in [4.78, 5) is 32.1. The molecule has 0 fully saturated rings. The minimum absolute atomic E-state index is 0.0387. The number of rotatable bonds is 2. The molecule has 3 aromatic rings. The summed E-state index contributed by atoms with van der Waals surface area (Å²) in [5.41, 5.74) is 0.751. The molecule has 8 nitrogen and oxygen atoms in total. The lowest BCUT2D eigenvalue weighted by molar-refractivity contribution is 0.0633. The number of carbonyl (C=O) groups is 2. The van der Waals surface area contributed by atoms with Gasteiger partial charge in [0.2, 0.25) is 0 Å². The van der Waals surface area contributed by atoms with E-state index in [1.54, 1.807) is 38.3 Å². The van der Waals surface area contributed by atoms with Crippen LogP contribution in [0.4, 0.5) is 10.6 Å². The lowest BCUT2D eigenvalue weighted by Crippen LogP contribution is -2.27. The standard InChI is InChI=1S/C17H17ClN4O4/c1-8-19-7-13-14(21-16(25)26-17(2,3)4)20-11-6-10(18)9(15(23)24)5-12(11)22(8)13/h5-7H,1-4H3,(H,23,24)(H,20,21,25). The maximum atomic E-state index is 12.1. The molecule has 0 atom stereocenters. The van der Waals surface area contributed by atoms with Crippen LogP contribution in [0.2, 0.25) is 5.02 Å². The van der Waals surface area contributed by atoms with Crippen LogP contribution in [-0.2, 0) is 4.74 Å². The van der Waals surface area contributed by atoms with Crippen LogP contribution < -0.4 is 5.32 Å². The van der Waals surface area contributed by atoms with Gasteiger partial charge in [-0.1, -0.05) is 11.6 Å². The molecule has 3 rings (SSSR count). The third-order valence-corrected chi connectivity index (χ3v) is 3.88. The molecule has 0 aliphatic carbocycles. The first-order chi connectivity index (χ1) is 12.1. The number of anilines is 1. The Morgan fingerprint density at radius 1 is 1.27 bits per heavy atom. The number of nitrogens with one attached hydrogen (secondary N) is 1. The van der Waals surface area contributed by atoms with E-state index in [2.05, 4.69) is 15.3 Å². The number of nitrogens with zero attached hydrogens (tertiary/aromatic N) is 3. The van der Waals surface area contributed by atoms with Gasteiger partial charge in [0.1, 0.15) is 16.9 Å². The molecule has 0 unspecified atom stereocenters. The average molecular weight is 377 g/mol. The molecule has 2 aromatic heterocycles. The van der Waals surface area contributed by atoms with Crippen molar-refractivity contribution >= 4 is 46.0 Å². The molecule has 1 amide bonds. The molecule has 0 saturated heterocycles. The van der Waals surface area contributed by atoms with Gasteiger partial charge in [0.05, 0.1) is 27.8 Å². The van der Waals surface area contributed by atoms with E-state index in [1.165, 1.54) is 12.1 Å². The Balaban J connectivity index is 2.20. The molecule has 1 aromatic carbocycles. The zero-order valence-electron chi connectivity index (χ0n) is 14.6. The van der Waals surface area contributed by atoms with Crippen LogP contribution in [0.3, 0.4) is 0 Å². The average Bonchev–Trinajstić information content (AvgIpc) is 2.87. The minimum Gasteiger partial charge on any atom is -0.478 e. The van der Waals surface area contributed by atoms with E-state index >= 15 is 0 Å².